The first-order chi connectivity index (χ1) is 8.49. The number of hydrogen-bond donors (Lipinski definition) is 0. The molecule has 0 saturated heterocycles. The van der Waals surface area contributed by atoms with Crippen molar-refractivity contribution in [3.63, 3.8) is 0 Å². The summed E-state index contributed by atoms with van der Waals surface area (Å²) in [5.74, 6) is 2.81. The largest absolute Gasteiger partial charge is 0.496 e. The Morgan fingerprint density at radius 1 is 1.33 bits per heavy atom. The van der Waals surface area contributed by atoms with Crippen LogP contribution in [0.15, 0.2) is 6.20 Å². The zero-order valence-corrected chi connectivity index (χ0v) is 12.8. The Balaban J connectivity index is 2.90. The molecular formula is C15H24ClNO. The van der Waals surface area contributed by atoms with Gasteiger partial charge in [0.25, 0.3) is 0 Å². The van der Waals surface area contributed by atoms with Gasteiger partial charge in [-0.25, -0.2) is 0 Å². The van der Waals surface area contributed by atoms with Gasteiger partial charge >= 0.3 is 0 Å². The van der Waals surface area contributed by atoms with E-state index in [0.29, 0.717) is 17.7 Å². The first-order valence-corrected chi connectivity index (χ1v) is 7.08. The second-order valence-electron chi connectivity index (χ2n) is 5.40. The third-order valence-electron chi connectivity index (χ3n) is 3.25. The standard InChI is InChI=1S/C15H24ClNO/c1-10(2)6-13(8-16)7-14-12(4)15(18-5)11(3)9-17-14/h9-10,13H,6-8H2,1-5H3. The molecule has 1 aromatic heterocycles. The fraction of sp³-hybridized carbons (Fsp3) is 0.667. The summed E-state index contributed by atoms with van der Waals surface area (Å²) in [6.45, 7) is 8.57. The third-order valence-corrected chi connectivity index (χ3v) is 3.69. The Hall–Kier alpha value is -0.760. The Kier molecular flexibility index (Phi) is 5.94. The summed E-state index contributed by atoms with van der Waals surface area (Å²) >= 11 is 6.06. The average molecular weight is 270 g/mol. The number of aromatic nitrogens is 1. The van der Waals surface area contributed by atoms with E-state index >= 15 is 0 Å². The van der Waals surface area contributed by atoms with Crippen molar-refractivity contribution in [1.29, 1.82) is 0 Å². The van der Waals surface area contributed by atoms with Crippen LogP contribution < -0.4 is 4.74 Å². The van der Waals surface area contributed by atoms with Gasteiger partial charge in [0.05, 0.1) is 7.11 Å². The van der Waals surface area contributed by atoms with Crippen LogP contribution in [0.4, 0.5) is 0 Å². The van der Waals surface area contributed by atoms with E-state index in [0.717, 1.165) is 35.4 Å². The number of nitrogens with zero attached hydrogens (tertiary/aromatic N) is 1. The highest BCUT2D eigenvalue weighted by atomic mass is 35.5. The molecule has 1 heterocycles. The zero-order chi connectivity index (χ0) is 13.7. The predicted molar refractivity (Wildman–Crippen MR) is 77.6 cm³/mol. The molecule has 1 unspecified atom stereocenters. The van der Waals surface area contributed by atoms with E-state index in [4.69, 9.17) is 16.3 Å². The van der Waals surface area contributed by atoms with Crippen LogP contribution in [0.5, 0.6) is 5.75 Å². The van der Waals surface area contributed by atoms with Crippen LogP contribution in [-0.2, 0) is 6.42 Å². The Bertz CT molecular complexity index is 390. The first-order valence-electron chi connectivity index (χ1n) is 6.54. The molecule has 0 aliphatic heterocycles. The molecule has 0 spiro atoms. The van der Waals surface area contributed by atoms with E-state index in [9.17, 15) is 0 Å². The molecule has 2 nitrogen and oxygen atoms in total. The van der Waals surface area contributed by atoms with E-state index < -0.39 is 0 Å². The molecule has 0 bridgehead atoms. The van der Waals surface area contributed by atoms with Crippen LogP contribution in [0.25, 0.3) is 0 Å². The number of halogens is 1. The van der Waals surface area contributed by atoms with Crippen molar-refractivity contribution in [2.75, 3.05) is 13.0 Å². The van der Waals surface area contributed by atoms with Gasteiger partial charge < -0.3 is 4.74 Å². The number of alkyl halides is 1. The lowest BCUT2D eigenvalue weighted by Gasteiger charge is -2.18. The molecule has 0 saturated carbocycles. The van der Waals surface area contributed by atoms with Gasteiger partial charge in [0.15, 0.2) is 0 Å². The zero-order valence-electron chi connectivity index (χ0n) is 12.1. The molecule has 0 fully saturated rings. The lowest BCUT2D eigenvalue weighted by molar-refractivity contribution is 0.403. The highest BCUT2D eigenvalue weighted by Gasteiger charge is 2.15. The third kappa shape index (κ3) is 3.88. The monoisotopic (exact) mass is 269 g/mol. The van der Waals surface area contributed by atoms with Crippen LogP contribution >= 0.6 is 11.6 Å². The smallest absolute Gasteiger partial charge is 0.128 e. The minimum atomic E-state index is 0.491. The van der Waals surface area contributed by atoms with Crippen LogP contribution in [0, 0.1) is 25.7 Å². The summed E-state index contributed by atoms with van der Waals surface area (Å²) in [5.41, 5.74) is 3.35. The van der Waals surface area contributed by atoms with Gasteiger partial charge in [-0.2, -0.15) is 0 Å². The van der Waals surface area contributed by atoms with Crippen LogP contribution in [0.3, 0.4) is 0 Å². The SMILES string of the molecule is COc1c(C)cnc(CC(CCl)CC(C)C)c1C. The average Bonchev–Trinajstić information content (AvgIpc) is 2.31. The molecule has 0 aliphatic rings. The molecule has 1 rings (SSSR count). The fourth-order valence-electron chi connectivity index (χ4n) is 2.42. The topological polar surface area (TPSA) is 22.1 Å². The Morgan fingerprint density at radius 3 is 2.50 bits per heavy atom. The molecule has 0 amide bonds. The lowest BCUT2D eigenvalue weighted by atomic mass is 9.92. The lowest BCUT2D eigenvalue weighted by Crippen LogP contribution is -2.12. The highest BCUT2D eigenvalue weighted by Crippen LogP contribution is 2.27. The van der Waals surface area contributed by atoms with Gasteiger partial charge in [0, 0.05) is 28.9 Å². The summed E-state index contributed by atoms with van der Waals surface area (Å²) in [6, 6.07) is 0. The maximum Gasteiger partial charge on any atom is 0.128 e. The molecule has 0 aromatic carbocycles. The minimum Gasteiger partial charge on any atom is -0.496 e. The van der Waals surface area contributed by atoms with Gasteiger partial charge in [-0.1, -0.05) is 13.8 Å². The molecule has 1 atom stereocenters. The number of pyridine rings is 1. The molecule has 102 valence electrons. The van der Waals surface area contributed by atoms with Crippen molar-refractivity contribution in [2.24, 2.45) is 11.8 Å². The summed E-state index contributed by atoms with van der Waals surface area (Å²) in [4.78, 5) is 4.54. The summed E-state index contributed by atoms with van der Waals surface area (Å²) in [5, 5.41) is 0. The number of aryl methyl sites for hydroxylation is 1. The maximum atomic E-state index is 6.06. The summed E-state index contributed by atoms with van der Waals surface area (Å²) in [6.07, 6.45) is 3.97. The summed E-state index contributed by atoms with van der Waals surface area (Å²) in [7, 11) is 1.71. The van der Waals surface area contributed by atoms with Crippen molar-refractivity contribution in [2.45, 2.75) is 40.5 Å². The van der Waals surface area contributed by atoms with E-state index in [1.807, 2.05) is 13.1 Å². The van der Waals surface area contributed by atoms with Gasteiger partial charge in [0.1, 0.15) is 5.75 Å². The number of ether oxygens (including phenoxy) is 1. The molecule has 0 aliphatic carbocycles. The van der Waals surface area contributed by atoms with Crippen molar-refractivity contribution in [3.05, 3.63) is 23.0 Å². The first kappa shape index (κ1) is 15.3. The quantitative estimate of drug-likeness (QED) is 0.724. The van der Waals surface area contributed by atoms with E-state index in [2.05, 4.69) is 25.8 Å². The van der Waals surface area contributed by atoms with Crippen molar-refractivity contribution in [1.82, 2.24) is 4.98 Å². The molecule has 0 radical (unpaired) electrons. The van der Waals surface area contributed by atoms with E-state index in [-0.39, 0.29) is 0 Å². The Morgan fingerprint density at radius 2 is 2.00 bits per heavy atom. The second kappa shape index (κ2) is 6.98. The van der Waals surface area contributed by atoms with Crippen molar-refractivity contribution >= 4 is 11.6 Å². The number of methoxy groups -OCH3 is 1. The number of rotatable bonds is 6. The minimum absolute atomic E-state index is 0.491. The molecule has 1 aromatic rings. The molecule has 18 heavy (non-hydrogen) atoms. The van der Waals surface area contributed by atoms with E-state index in [1.165, 1.54) is 0 Å². The van der Waals surface area contributed by atoms with Crippen molar-refractivity contribution < 1.29 is 4.74 Å². The van der Waals surface area contributed by atoms with Crippen LogP contribution in [0.2, 0.25) is 0 Å². The normalized spacial score (nSPS) is 12.8. The molecular weight excluding hydrogens is 246 g/mol. The van der Waals surface area contributed by atoms with Crippen LogP contribution in [0.1, 0.15) is 37.1 Å². The van der Waals surface area contributed by atoms with Gasteiger partial charge in [0.2, 0.25) is 0 Å². The van der Waals surface area contributed by atoms with Gasteiger partial charge in [-0.05, 0) is 38.5 Å². The number of hydrogen-bond acceptors (Lipinski definition) is 2. The van der Waals surface area contributed by atoms with Crippen LogP contribution in [-0.4, -0.2) is 18.0 Å². The van der Waals surface area contributed by atoms with E-state index in [1.54, 1.807) is 7.11 Å². The second-order valence-corrected chi connectivity index (χ2v) is 5.71. The maximum absolute atomic E-state index is 6.06. The van der Waals surface area contributed by atoms with Gasteiger partial charge in [-0.15, -0.1) is 11.6 Å². The fourth-order valence-corrected chi connectivity index (χ4v) is 2.65. The van der Waals surface area contributed by atoms with Crippen molar-refractivity contribution in [3.8, 4) is 5.75 Å². The Labute approximate surface area is 116 Å². The molecule has 3 heteroatoms. The molecule has 0 N–H and O–H groups in total. The summed E-state index contributed by atoms with van der Waals surface area (Å²) < 4.78 is 5.44. The van der Waals surface area contributed by atoms with Gasteiger partial charge in [-0.3, -0.25) is 4.98 Å². The predicted octanol–water partition coefficient (Wildman–Crippen LogP) is 4.15. The highest BCUT2D eigenvalue weighted by molar-refractivity contribution is 6.18.